The Labute approximate surface area is 114 Å². The van der Waals surface area contributed by atoms with Crippen LogP contribution in [0.25, 0.3) is 0 Å². The van der Waals surface area contributed by atoms with Gasteiger partial charge in [0.1, 0.15) is 0 Å². The molecular formula is C11H14ClN3O2S. The first-order chi connectivity index (χ1) is 8.61. The van der Waals surface area contributed by atoms with Crippen molar-refractivity contribution in [3.63, 3.8) is 0 Å². The Balaban J connectivity index is 2.20. The van der Waals surface area contributed by atoms with E-state index in [1.54, 1.807) is 11.8 Å². The van der Waals surface area contributed by atoms with Crippen LogP contribution >= 0.6 is 23.4 Å². The molecule has 0 bridgehead atoms. The second kappa shape index (κ2) is 5.75. The molecule has 0 aromatic carbocycles. The number of rotatable bonds is 4. The normalized spacial score (nSPS) is 23.0. The molecule has 0 aliphatic heterocycles. The summed E-state index contributed by atoms with van der Waals surface area (Å²) in [7, 11) is 0. The van der Waals surface area contributed by atoms with Crippen LogP contribution in [0.5, 0.6) is 0 Å². The summed E-state index contributed by atoms with van der Waals surface area (Å²) < 4.78 is 0. The van der Waals surface area contributed by atoms with Crippen molar-refractivity contribution in [1.29, 1.82) is 0 Å². The Morgan fingerprint density at radius 3 is 3.06 bits per heavy atom. The predicted octanol–water partition coefficient (Wildman–Crippen LogP) is 3.34. The second-order valence-corrected chi connectivity index (χ2v) is 5.75. The average Bonchev–Trinajstić information content (AvgIpc) is 2.78. The van der Waals surface area contributed by atoms with Gasteiger partial charge >= 0.3 is 5.69 Å². The van der Waals surface area contributed by atoms with Gasteiger partial charge in [-0.2, -0.15) is 11.8 Å². The van der Waals surface area contributed by atoms with Crippen LogP contribution in [0.3, 0.4) is 0 Å². The third-order valence-corrected chi connectivity index (χ3v) is 4.48. The van der Waals surface area contributed by atoms with Crippen LogP contribution in [0.1, 0.15) is 19.3 Å². The largest absolute Gasteiger partial charge is 0.360 e. The minimum atomic E-state index is -0.454. The Bertz CT molecular complexity index is 458. The topological polar surface area (TPSA) is 68.1 Å². The van der Waals surface area contributed by atoms with Gasteiger partial charge in [0.15, 0.2) is 0 Å². The fourth-order valence-corrected chi connectivity index (χ4v) is 3.32. The Morgan fingerprint density at radius 2 is 2.39 bits per heavy atom. The van der Waals surface area contributed by atoms with Crippen molar-refractivity contribution in [2.75, 3.05) is 11.6 Å². The standard InChI is InChI=1S/C11H14ClN3O2S/c1-18-10-4-2-3-8(10)14-11-9(15(16)17)5-7(12)6-13-11/h5-6,8,10H,2-4H2,1H3,(H,13,14). The van der Waals surface area contributed by atoms with E-state index in [2.05, 4.69) is 16.6 Å². The first kappa shape index (κ1) is 13.4. The molecular weight excluding hydrogens is 274 g/mol. The molecule has 0 saturated heterocycles. The molecule has 0 spiro atoms. The van der Waals surface area contributed by atoms with E-state index in [0.717, 1.165) is 19.3 Å². The zero-order valence-corrected chi connectivity index (χ0v) is 11.5. The molecule has 5 nitrogen and oxygen atoms in total. The van der Waals surface area contributed by atoms with Crippen LogP contribution in [0.2, 0.25) is 5.02 Å². The highest BCUT2D eigenvalue weighted by Gasteiger charge is 2.28. The van der Waals surface area contributed by atoms with Crippen LogP contribution in [0, 0.1) is 10.1 Å². The third kappa shape index (κ3) is 2.87. The highest BCUT2D eigenvalue weighted by atomic mass is 35.5. The molecule has 98 valence electrons. The molecule has 1 aliphatic rings. The highest BCUT2D eigenvalue weighted by molar-refractivity contribution is 7.99. The van der Waals surface area contributed by atoms with E-state index in [1.165, 1.54) is 12.3 Å². The molecule has 1 aromatic rings. The summed E-state index contributed by atoms with van der Waals surface area (Å²) in [6, 6.07) is 1.58. The van der Waals surface area contributed by atoms with Crippen LogP contribution in [-0.4, -0.2) is 27.5 Å². The lowest BCUT2D eigenvalue weighted by Crippen LogP contribution is -2.26. The van der Waals surface area contributed by atoms with Crippen LogP contribution < -0.4 is 5.32 Å². The molecule has 7 heteroatoms. The van der Waals surface area contributed by atoms with E-state index in [0.29, 0.717) is 11.1 Å². The summed E-state index contributed by atoms with van der Waals surface area (Å²) in [4.78, 5) is 14.5. The van der Waals surface area contributed by atoms with Gasteiger partial charge in [-0.25, -0.2) is 4.98 Å². The zero-order chi connectivity index (χ0) is 13.1. The Kier molecular flexibility index (Phi) is 4.29. The van der Waals surface area contributed by atoms with Crippen LogP contribution in [0.4, 0.5) is 11.5 Å². The van der Waals surface area contributed by atoms with Crippen molar-refractivity contribution < 1.29 is 4.92 Å². The minimum Gasteiger partial charge on any atom is -0.360 e. The SMILES string of the molecule is CSC1CCCC1Nc1ncc(Cl)cc1[N+](=O)[O-]. The predicted molar refractivity (Wildman–Crippen MR) is 74.5 cm³/mol. The quantitative estimate of drug-likeness (QED) is 0.679. The van der Waals surface area contributed by atoms with E-state index in [4.69, 9.17) is 11.6 Å². The fraction of sp³-hybridized carbons (Fsp3) is 0.545. The molecule has 18 heavy (non-hydrogen) atoms. The Hall–Kier alpha value is -1.01. The Morgan fingerprint density at radius 1 is 1.61 bits per heavy atom. The van der Waals surface area contributed by atoms with Crippen molar-refractivity contribution in [2.24, 2.45) is 0 Å². The van der Waals surface area contributed by atoms with Gasteiger partial charge in [0.2, 0.25) is 5.82 Å². The maximum Gasteiger partial charge on any atom is 0.312 e. The summed E-state index contributed by atoms with van der Waals surface area (Å²) in [5.41, 5.74) is -0.0609. The molecule has 1 aromatic heterocycles. The van der Waals surface area contributed by atoms with Gasteiger partial charge in [-0.3, -0.25) is 10.1 Å². The number of pyridine rings is 1. The highest BCUT2D eigenvalue weighted by Crippen LogP contribution is 2.33. The summed E-state index contributed by atoms with van der Waals surface area (Å²) in [6.45, 7) is 0. The second-order valence-electron chi connectivity index (χ2n) is 4.23. The molecule has 1 saturated carbocycles. The lowest BCUT2D eigenvalue weighted by molar-refractivity contribution is -0.384. The molecule has 2 rings (SSSR count). The lowest BCUT2D eigenvalue weighted by Gasteiger charge is -2.19. The van der Waals surface area contributed by atoms with Gasteiger partial charge in [-0.15, -0.1) is 0 Å². The summed E-state index contributed by atoms with van der Waals surface area (Å²) in [5, 5.41) is 14.9. The van der Waals surface area contributed by atoms with E-state index in [-0.39, 0.29) is 16.8 Å². The van der Waals surface area contributed by atoms with Crippen LogP contribution in [0.15, 0.2) is 12.3 Å². The first-order valence-corrected chi connectivity index (χ1v) is 7.37. The number of hydrogen-bond acceptors (Lipinski definition) is 5. The first-order valence-electron chi connectivity index (χ1n) is 5.71. The summed E-state index contributed by atoms with van der Waals surface area (Å²) >= 11 is 7.53. The van der Waals surface area contributed by atoms with E-state index in [9.17, 15) is 10.1 Å². The average molecular weight is 288 g/mol. The molecule has 1 aliphatic carbocycles. The van der Waals surface area contributed by atoms with E-state index in [1.807, 2.05) is 0 Å². The number of nitro groups is 1. The number of halogens is 1. The van der Waals surface area contributed by atoms with Gasteiger partial charge in [-0.05, 0) is 19.1 Å². The van der Waals surface area contributed by atoms with Crippen molar-refractivity contribution in [2.45, 2.75) is 30.6 Å². The maximum absolute atomic E-state index is 11.0. The lowest BCUT2D eigenvalue weighted by atomic mass is 10.2. The fourth-order valence-electron chi connectivity index (χ4n) is 2.23. The van der Waals surface area contributed by atoms with Gasteiger partial charge in [0.05, 0.1) is 9.95 Å². The zero-order valence-electron chi connectivity index (χ0n) is 9.93. The van der Waals surface area contributed by atoms with Crippen LogP contribution in [-0.2, 0) is 0 Å². The molecule has 2 atom stereocenters. The molecule has 1 N–H and O–H groups in total. The molecule has 2 unspecified atom stereocenters. The van der Waals surface area contributed by atoms with Gasteiger partial charge < -0.3 is 5.32 Å². The van der Waals surface area contributed by atoms with Crippen molar-refractivity contribution in [3.8, 4) is 0 Å². The van der Waals surface area contributed by atoms with Gasteiger partial charge in [0.25, 0.3) is 0 Å². The van der Waals surface area contributed by atoms with Crippen molar-refractivity contribution >= 4 is 34.9 Å². The number of anilines is 1. The number of thioether (sulfide) groups is 1. The molecule has 1 heterocycles. The summed E-state index contributed by atoms with van der Waals surface area (Å²) in [6.07, 6.45) is 6.80. The smallest absolute Gasteiger partial charge is 0.312 e. The van der Waals surface area contributed by atoms with Crippen molar-refractivity contribution in [3.05, 3.63) is 27.4 Å². The minimum absolute atomic E-state index is 0.0609. The van der Waals surface area contributed by atoms with E-state index >= 15 is 0 Å². The number of nitrogens with one attached hydrogen (secondary N) is 1. The number of hydrogen-bond donors (Lipinski definition) is 1. The monoisotopic (exact) mass is 287 g/mol. The van der Waals surface area contributed by atoms with Crippen molar-refractivity contribution in [1.82, 2.24) is 4.98 Å². The molecule has 0 amide bonds. The number of aromatic nitrogens is 1. The van der Waals surface area contributed by atoms with E-state index < -0.39 is 4.92 Å². The third-order valence-electron chi connectivity index (χ3n) is 3.11. The summed E-state index contributed by atoms with van der Waals surface area (Å²) in [5.74, 6) is 0.315. The molecule has 0 radical (unpaired) electrons. The van der Waals surface area contributed by atoms with Gasteiger partial charge in [-0.1, -0.05) is 18.0 Å². The molecule has 1 fully saturated rings. The maximum atomic E-state index is 11.0. The number of nitrogens with zero attached hydrogens (tertiary/aromatic N) is 2. The van der Waals surface area contributed by atoms with Gasteiger partial charge in [0, 0.05) is 23.6 Å².